The third-order valence-electron chi connectivity index (χ3n) is 2.99. The predicted octanol–water partition coefficient (Wildman–Crippen LogP) is 1.21. The van der Waals surface area contributed by atoms with Gasteiger partial charge in [-0.3, -0.25) is 14.8 Å². The van der Waals surface area contributed by atoms with Gasteiger partial charge in [0.05, 0.1) is 5.70 Å². The van der Waals surface area contributed by atoms with Gasteiger partial charge >= 0.3 is 0 Å². The van der Waals surface area contributed by atoms with E-state index in [1.165, 1.54) is 6.20 Å². The van der Waals surface area contributed by atoms with E-state index >= 15 is 0 Å². The van der Waals surface area contributed by atoms with Crippen LogP contribution in [0.25, 0.3) is 5.70 Å². The highest BCUT2D eigenvalue weighted by Crippen LogP contribution is 2.35. The third kappa shape index (κ3) is 1.17. The van der Waals surface area contributed by atoms with Crippen LogP contribution in [-0.4, -0.2) is 28.2 Å². The molecular formula is C12H10N2O2. The molecule has 0 saturated carbocycles. The number of nitrogens with zero attached hydrogens (tertiary/aromatic N) is 2. The molecule has 1 aliphatic heterocycles. The van der Waals surface area contributed by atoms with Gasteiger partial charge in [0.25, 0.3) is 0 Å². The average Bonchev–Trinajstić information content (AvgIpc) is 2.36. The minimum atomic E-state index is -1.04. The van der Waals surface area contributed by atoms with E-state index in [1.807, 2.05) is 6.21 Å². The molecule has 0 spiro atoms. The highest BCUT2D eigenvalue weighted by Gasteiger charge is 2.33. The zero-order valence-electron chi connectivity index (χ0n) is 8.55. The first-order valence-corrected chi connectivity index (χ1v) is 5.21. The number of hydrogen-bond acceptors (Lipinski definition) is 4. The Hall–Kier alpha value is -1.81. The molecule has 0 saturated heterocycles. The lowest BCUT2D eigenvalue weighted by atomic mass is 9.84. The number of aliphatic hydroxyl groups is 1. The lowest BCUT2D eigenvalue weighted by molar-refractivity contribution is 0.0795. The van der Waals surface area contributed by atoms with Crippen molar-refractivity contribution in [1.29, 1.82) is 0 Å². The number of aliphatic imine (C=N–C) groups is 1. The molecule has 2 heterocycles. The Labute approximate surface area is 92.4 Å². The summed E-state index contributed by atoms with van der Waals surface area (Å²) >= 11 is 0. The Balaban J connectivity index is 2.28. The summed E-state index contributed by atoms with van der Waals surface area (Å²) in [5.41, 5.74) is 2.74. The number of aromatic nitrogens is 1. The Kier molecular flexibility index (Phi) is 1.97. The van der Waals surface area contributed by atoms with Gasteiger partial charge in [-0.1, -0.05) is 0 Å². The minimum Gasteiger partial charge on any atom is -0.380 e. The van der Waals surface area contributed by atoms with Crippen LogP contribution in [0.3, 0.4) is 0 Å². The van der Waals surface area contributed by atoms with Crippen molar-refractivity contribution in [1.82, 2.24) is 4.98 Å². The normalized spacial score (nSPS) is 23.1. The summed E-state index contributed by atoms with van der Waals surface area (Å²) in [6.07, 6.45) is 5.40. The lowest BCUT2D eigenvalue weighted by Crippen LogP contribution is -2.29. The van der Waals surface area contributed by atoms with Gasteiger partial charge < -0.3 is 5.11 Å². The fraction of sp³-hybridized carbons (Fsp3) is 0.250. The van der Waals surface area contributed by atoms with E-state index in [0.29, 0.717) is 12.0 Å². The third-order valence-corrected chi connectivity index (χ3v) is 2.99. The Morgan fingerprint density at radius 2 is 2.25 bits per heavy atom. The van der Waals surface area contributed by atoms with E-state index in [9.17, 15) is 9.90 Å². The average molecular weight is 214 g/mol. The standard InChI is InChI=1S/C12H10N2O2/c15-11-8-2-1-4-14-10(8)7-3-5-13-6-9(7)12(11)16/h3-6,11,15H,1-2H2. The van der Waals surface area contributed by atoms with Crippen LogP contribution in [0, 0.1) is 0 Å². The number of aliphatic hydroxyl groups excluding tert-OH is 1. The smallest absolute Gasteiger partial charge is 0.197 e. The van der Waals surface area contributed by atoms with Gasteiger partial charge in [0.1, 0.15) is 6.10 Å². The number of fused-ring (bicyclic) bond motifs is 2. The first kappa shape index (κ1) is 9.42. The molecule has 1 unspecified atom stereocenters. The highest BCUT2D eigenvalue weighted by atomic mass is 16.3. The first-order valence-electron chi connectivity index (χ1n) is 5.21. The zero-order chi connectivity index (χ0) is 11.1. The van der Waals surface area contributed by atoms with E-state index in [-0.39, 0.29) is 5.78 Å². The van der Waals surface area contributed by atoms with Crippen LogP contribution in [-0.2, 0) is 0 Å². The first-order chi connectivity index (χ1) is 7.79. The number of carbonyl (C=O) groups excluding carboxylic acids is 1. The van der Waals surface area contributed by atoms with Crippen molar-refractivity contribution in [3.05, 3.63) is 35.2 Å². The van der Waals surface area contributed by atoms with Crippen LogP contribution < -0.4 is 0 Å². The molecule has 16 heavy (non-hydrogen) atoms. The van der Waals surface area contributed by atoms with Crippen LogP contribution in [0.4, 0.5) is 0 Å². The maximum atomic E-state index is 11.9. The maximum absolute atomic E-state index is 11.9. The Morgan fingerprint density at radius 3 is 3.12 bits per heavy atom. The van der Waals surface area contributed by atoms with Gasteiger partial charge in [-0.15, -0.1) is 0 Å². The van der Waals surface area contributed by atoms with Crippen molar-refractivity contribution >= 4 is 17.7 Å². The fourth-order valence-electron chi connectivity index (χ4n) is 2.19. The molecule has 0 aromatic carbocycles. The van der Waals surface area contributed by atoms with Gasteiger partial charge in [0.2, 0.25) is 0 Å². The molecule has 0 radical (unpaired) electrons. The number of pyridine rings is 1. The van der Waals surface area contributed by atoms with E-state index in [0.717, 1.165) is 23.3 Å². The topological polar surface area (TPSA) is 62.5 Å². The molecular weight excluding hydrogens is 204 g/mol. The van der Waals surface area contributed by atoms with Gasteiger partial charge in [0.15, 0.2) is 5.78 Å². The summed E-state index contributed by atoms with van der Waals surface area (Å²) in [4.78, 5) is 20.1. The predicted molar refractivity (Wildman–Crippen MR) is 59.2 cm³/mol. The SMILES string of the molecule is O=C1c2cnccc2C2=C(CCC=N2)C1O. The van der Waals surface area contributed by atoms with E-state index < -0.39 is 6.10 Å². The van der Waals surface area contributed by atoms with E-state index in [1.54, 1.807) is 12.3 Å². The second kappa shape index (κ2) is 3.35. The van der Waals surface area contributed by atoms with Gasteiger partial charge in [-0.2, -0.15) is 0 Å². The molecule has 1 N–H and O–H groups in total. The molecule has 0 amide bonds. The number of ketones is 1. The lowest BCUT2D eigenvalue weighted by Gasteiger charge is -2.25. The molecule has 0 bridgehead atoms. The van der Waals surface area contributed by atoms with Crippen molar-refractivity contribution in [2.24, 2.45) is 4.99 Å². The molecule has 1 aromatic rings. The monoisotopic (exact) mass is 214 g/mol. The van der Waals surface area contributed by atoms with Crippen LogP contribution in [0.15, 0.2) is 29.0 Å². The fourth-order valence-corrected chi connectivity index (χ4v) is 2.19. The molecule has 2 aliphatic rings. The molecule has 3 rings (SSSR count). The summed E-state index contributed by atoms with van der Waals surface area (Å²) in [6, 6.07) is 1.77. The number of rotatable bonds is 0. The summed E-state index contributed by atoms with van der Waals surface area (Å²) in [5.74, 6) is -0.265. The number of carbonyl (C=O) groups is 1. The summed E-state index contributed by atoms with van der Waals surface area (Å²) in [5, 5.41) is 9.91. The van der Waals surface area contributed by atoms with Crippen molar-refractivity contribution in [2.45, 2.75) is 18.9 Å². The molecule has 1 aromatic heterocycles. The maximum Gasteiger partial charge on any atom is 0.197 e. The Morgan fingerprint density at radius 1 is 1.38 bits per heavy atom. The number of Topliss-reactive ketones (excluding diaryl/α,β-unsaturated/α-hetero) is 1. The highest BCUT2D eigenvalue weighted by molar-refractivity contribution is 6.09. The van der Waals surface area contributed by atoms with Crippen LogP contribution in [0.1, 0.15) is 28.8 Å². The molecule has 80 valence electrons. The van der Waals surface area contributed by atoms with Gasteiger partial charge in [-0.25, -0.2) is 0 Å². The van der Waals surface area contributed by atoms with Crippen LogP contribution >= 0.6 is 0 Å². The molecule has 1 aliphatic carbocycles. The molecule has 4 heteroatoms. The van der Waals surface area contributed by atoms with Crippen LogP contribution in [0.5, 0.6) is 0 Å². The molecule has 0 fully saturated rings. The largest absolute Gasteiger partial charge is 0.380 e. The quantitative estimate of drug-likeness (QED) is 0.706. The van der Waals surface area contributed by atoms with Crippen molar-refractivity contribution in [3.63, 3.8) is 0 Å². The second-order valence-corrected chi connectivity index (χ2v) is 3.91. The number of hydrogen-bond donors (Lipinski definition) is 1. The summed E-state index contributed by atoms with van der Waals surface area (Å²) in [6.45, 7) is 0. The van der Waals surface area contributed by atoms with E-state index in [2.05, 4.69) is 9.98 Å². The molecule has 1 atom stereocenters. The van der Waals surface area contributed by atoms with Crippen molar-refractivity contribution in [2.75, 3.05) is 0 Å². The molecule has 4 nitrogen and oxygen atoms in total. The van der Waals surface area contributed by atoms with Gasteiger partial charge in [-0.05, 0) is 24.5 Å². The van der Waals surface area contributed by atoms with Crippen molar-refractivity contribution in [3.8, 4) is 0 Å². The van der Waals surface area contributed by atoms with Crippen molar-refractivity contribution < 1.29 is 9.90 Å². The minimum absolute atomic E-state index is 0.265. The van der Waals surface area contributed by atoms with E-state index in [4.69, 9.17) is 0 Å². The van der Waals surface area contributed by atoms with Crippen LogP contribution in [0.2, 0.25) is 0 Å². The summed E-state index contributed by atoms with van der Waals surface area (Å²) in [7, 11) is 0. The zero-order valence-corrected chi connectivity index (χ0v) is 8.55. The summed E-state index contributed by atoms with van der Waals surface area (Å²) < 4.78 is 0. The second-order valence-electron chi connectivity index (χ2n) is 3.91. The van der Waals surface area contributed by atoms with Gasteiger partial charge in [0, 0.05) is 29.7 Å². The Bertz CT molecular complexity index is 532.